The first-order valence-corrected chi connectivity index (χ1v) is 8.41. The fraction of sp³-hybridized carbons (Fsp3) is 0.588. The van der Waals surface area contributed by atoms with Gasteiger partial charge in [-0.3, -0.25) is 9.88 Å². The molecule has 6 heteroatoms. The summed E-state index contributed by atoms with van der Waals surface area (Å²) in [5.41, 5.74) is 2.39. The quantitative estimate of drug-likeness (QED) is 0.916. The Labute approximate surface area is 138 Å². The summed E-state index contributed by atoms with van der Waals surface area (Å²) in [6, 6.07) is 0. The predicted molar refractivity (Wildman–Crippen MR) is 91.1 cm³/mol. The maximum absolute atomic E-state index is 4.52. The second-order valence-corrected chi connectivity index (χ2v) is 6.42. The first-order valence-electron chi connectivity index (χ1n) is 8.41. The Morgan fingerprint density at radius 3 is 2.78 bits per heavy atom. The van der Waals surface area contributed by atoms with Crippen molar-refractivity contribution in [3.8, 4) is 0 Å². The Morgan fingerprint density at radius 2 is 2.09 bits per heavy atom. The molecule has 1 aliphatic heterocycles. The van der Waals surface area contributed by atoms with Crippen molar-refractivity contribution < 1.29 is 0 Å². The largest absolute Gasteiger partial charge is 0.372 e. The zero-order chi connectivity index (χ0) is 16.1. The Morgan fingerprint density at radius 1 is 1.17 bits per heavy atom. The van der Waals surface area contributed by atoms with Gasteiger partial charge < -0.3 is 9.88 Å². The number of anilines is 1. The summed E-state index contributed by atoms with van der Waals surface area (Å²) in [6.07, 6.45) is 12.4. The molecule has 3 heterocycles. The van der Waals surface area contributed by atoms with Crippen molar-refractivity contribution >= 4 is 5.82 Å². The summed E-state index contributed by atoms with van der Waals surface area (Å²) in [4.78, 5) is 15.6. The molecule has 1 N–H and O–H groups in total. The fourth-order valence-electron chi connectivity index (χ4n) is 3.24. The van der Waals surface area contributed by atoms with E-state index in [1.807, 2.05) is 32.0 Å². The average Bonchev–Trinajstić information content (AvgIpc) is 2.84. The number of likely N-dealkylation sites (tertiary alicyclic amines) is 1. The van der Waals surface area contributed by atoms with E-state index >= 15 is 0 Å². The highest BCUT2D eigenvalue weighted by Gasteiger charge is 2.18. The number of nitrogens with zero attached hydrogens (tertiary/aromatic N) is 5. The molecule has 23 heavy (non-hydrogen) atoms. The van der Waals surface area contributed by atoms with Gasteiger partial charge in [0, 0.05) is 26.8 Å². The second kappa shape index (κ2) is 7.55. The maximum Gasteiger partial charge on any atom is 0.144 e. The highest BCUT2D eigenvalue weighted by molar-refractivity contribution is 5.29. The molecule has 0 bridgehead atoms. The second-order valence-electron chi connectivity index (χ2n) is 6.42. The van der Waals surface area contributed by atoms with Gasteiger partial charge in [0.1, 0.15) is 5.82 Å². The van der Waals surface area contributed by atoms with Crippen LogP contribution in [-0.2, 0) is 20.0 Å². The Kier molecular flexibility index (Phi) is 5.23. The van der Waals surface area contributed by atoms with Gasteiger partial charge in [-0.25, -0.2) is 9.97 Å². The van der Waals surface area contributed by atoms with Gasteiger partial charge in [-0.2, -0.15) is 0 Å². The van der Waals surface area contributed by atoms with Gasteiger partial charge in [0.05, 0.1) is 30.1 Å². The van der Waals surface area contributed by atoms with E-state index in [-0.39, 0.29) is 0 Å². The topological polar surface area (TPSA) is 58.9 Å². The lowest BCUT2D eigenvalue weighted by Crippen LogP contribution is -2.25. The zero-order valence-corrected chi connectivity index (χ0v) is 14.1. The lowest BCUT2D eigenvalue weighted by Gasteiger charge is -2.20. The maximum atomic E-state index is 4.52. The molecular formula is C17H26N6. The number of hydrogen-bond donors (Lipinski definition) is 1. The van der Waals surface area contributed by atoms with Gasteiger partial charge in [-0.1, -0.05) is 0 Å². The molecule has 0 aromatic carbocycles. The number of hydrogen-bond acceptors (Lipinski definition) is 5. The first-order chi connectivity index (χ1) is 11.2. The third kappa shape index (κ3) is 4.28. The molecule has 1 atom stereocenters. The van der Waals surface area contributed by atoms with E-state index in [2.05, 4.69) is 36.8 Å². The smallest absolute Gasteiger partial charge is 0.144 e. The van der Waals surface area contributed by atoms with Crippen molar-refractivity contribution in [2.45, 2.75) is 32.2 Å². The SMILES string of the molecule is CNc1cnc(C[C@H]2CCCN(Cc3cncn3C)CC2)cn1. The molecule has 1 fully saturated rings. The van der Waals surface area contributed by atoms with Crippen LogP contribution in [-0.4, -0.2) is 44.6 Å². The Bertz CT molecular complexity index is 606. The van der Waals surface area contributed by atoms with Gasteiger partial charge in [0.25, 0.3) is 0 Å². The zero-order valence-electron chi connectivity index (χ0n) is 14.1. The normalized spacial score (nSPS) is 19.5. The molecule has 6 nitrogen and oxygen atoms in total. The number of nitrogens with one attached hydrogen (secondary N) is 1. The molecule has 0 saturated carbocycles. The minimum atomic E-state index is 0.710. The minimum absolute atomic E-state index is 0.710. The lowest BCUT2D eigenvalue weighted by molar-refractivity contribution is 0.266. The predicted octanol–water partition coefficient (Wildman–Crippen LogP) is 2.10. The fourth-order valence-corrected chi connectivity index (χ4v) is 3.24. The van der Waals surface area contributed by atoms with Gasteiger partial charge in [-0.05, 0) is 44.7 Å². The lowest BCUT2D eigenvalue weighted by atomic mass is 9.95. The molecular weight excluding hydrogens is 288 g/mol. The molecule has 1 aliphatic rings. The highest BCUT2D eigenvalue weighted by Crippen LogP contribution is 2.22. The van der Waals surface area contributed by atoms with Crippen LogP contribution >= 0.6 is 0 Å². The van der Waals surface area contributed by atoms with Crippen molar-refractivity contribution in [1.29, 1.82) is 0 Å². The van der Waals surface area contributed by atoms with Crippen LogP contribution in [0.4, 0.5) is 5.82 Å². The highest BCUT2D eigenvalue weighted by atomic mass is 15.2. The van der Waals surface area contributed by atoms with Crippen molar-refractivity contribution in [2.75, 3.05) is 25.5 Å². The number of aromatic nitrogens is 4. The molecule has 0 amide bonds. The van der Waals surface area contributed by atoms with Gasteiger partial charge in [0.15, 0.2) is 0 Å². The van der Waals surface area contributed by atoms with Crippen LogP contribution in [0.3, 0.4) is 0 Å². The molecule has 2 aromatic heterocycles. The van der Waals surface area contributed by atoms with Gasteiger partial charge in [0.2, 0.25) is 0 Å². The Balaban J connectivity index is 1.52. The summed E-state index contributed by atoms with van der Waals surface area (Å²) < 4.78 is 2.11. The molecule has 0 unspecified atom stereocenters. The van der Waals surface area contributed by atoms with Gasteiger partial charge >= 0.3 is 0 Å². The van der Waals surface area contributed by atoms with E-state index in [0.29, 0.717) is 5.92 Å². The van der Waals surface area contributed by atoms with Crippen LogP contribution < -0.4 is 5.32 Å². The van der Waals surface area contributed by atoms with Crippen molar-refractivity contribution in [2.24, 2.45) is 13.0 Å². The standard InChI is InChI=1S/C17H26N6/c1-18-17-11-20-15(9-21-17)8-14-4-3-6-23(7-5-14)12-16-10-19-13-22(16)2/h9-11,13-14H,3-8,12H2,1-2H3,(H,18,21)/t14-/m0/s1. The van der Waals surface area contributed by atoms with Crippen molar-refractivity contribution in [3.05, 3.63) is 36.3 Å². The van der Waals surface area contributed by atoms with E-state index in [1.54, 1.807) is 0 Å². The van der Waals surface area contributed by atoms with E-state index in [1.165, 1.54) is 31.5 Å². The average molecular weight is 314 g/mol. The van der Waals surface area contributed by atoms with Crippen LogP contribution in [0.15, 0.2) is 24.9 Å². The van der Waals surface area contributed by atoms with Crippen molar-refractivity contribution in [1.82, 2.24) is 24.4 Å². The molecule has 0 radical (unpaired) electrons. The van der Waals surface area contributed by atoms with Crippen LogP contribution in [0.25, 0.3) is 0 Å². The molecule has 124 valence electrons. The van der Waals surface area contributed by atoms with E-state index in [9.17, 15) is 0 Å². The van der Waals surface area contributed by atoms with Gasteiger partial charge in [-0.15, -0.1) is 0 Å². The third-order valence-electron chi connectivity index (χ3n) is 4.70. The first kappa shape index (κ1) is 15.9. The summed E-state index contributed by atoms with van der Waals surface area (Å²) in [7, 11) is 3.93. The molecule has 0 aliphatic carbocycles. The van der Waals surface area contributed by atoms with Crippen LogP contribution in [0, 0.1) is 5.92 Å². The number of imidazole rings is 1. The molecule has 0 spiro atoms. The summed E-state index contributed by atoms with van der Waals surface area (Å²) >= 11 is 0. The molecule has 3 rings (SSSR count). The molecule has 1 saturated heterocycles. The summed E-state index contributed by atoms with van der Waals surface area (Å²) in [5, 5.41) is 3.01. The Hall–Kier alpha value is -1.95. The van der Waals surface area contributed by atoms with E-state index in [4.69, 9.17) is 0 Å². The van der Waals surface area contributed by atoms with E-state index < -0.39 is 0 Å². The minimum Gasteiger partial charge on any atom is -0.372 e. The van der Waals surface area contributed by atoms with Crippen LogP contribution in [0.1, 0.15) is 30.7 Å². The monoisotopic (exact) mass is 314 g/mol. The van der Waals surface area contributed by atoms with Crippen molar-refractivity contribution in [3.63, 3.8) is 0 Å². The third-order valence-corrected chi connectivity index (χ3v) is 4.70. The number of aryl methyl sites for hydroxylation is 1. The van der Waals surface area contributed by atoms with E-state index in [0.717, 1.165) is 31.0 Å². The molecule has 2 aromatic rings. The summed E-state index contributed by atoms with van der Waals surface area (Å²) in [6.45, 7) is 3.32. The van der Waals surface area contributed by atoms with Crippen LogP contribution in [0.5, 0.6) is 0 Å². The summed E-state index contributed by atoms with van der Waals surface area (Å²) in [5.74, 6) is 1.54. The van der Waals surface area contributed by atoms with Crippen LogP contribution in [0.2, 0.25) is 0 Å². The number of rotatable bonds is 5.